The minimum Gasteiger partial charge on any atom is -0.370 e. The number of morpholine rings is 1. The van der Waals surface area contributed by atoms with Crippen molar-refractivity contribution >= 4 is 57.5 Å². The first-order valence-electron chi connectivity index (χ1n) is 10.1. The number of benzene rings is 2. The second-order valence-electron chi connectivity index (χ2n) is 7.68. The smallest absolute Gasteiger partial charge is 0.252 e. The largest absolute Gasteiger partial charge is 0.370 e. The zero-order chi connectivity index (χ0) is 21.0. The van der Waals surface area contributed by atoms with Crippen molar-refractivity contribution in [3.05, 3.63) is 47.6 Å². The van der Waals surface area contributed by atoms with Gasteiger partial charge in [0.15, 0.2) is 16.7 Å². The van der Waals surface area contributed by atoms with Gasteiger partial charge in [-0.2, -0.15) is 4.98 Å². The molecule has 7 nitrogen and oxygen atoms in total. The number of para-hydroxylation sites is 2. The number of rotatable bonds is 3. The molecule has 0 amide bonds. The van der Waals surface area contributed by atoms with Gasteiger partial charge in [0.2, 0.25) is 5.95 Å². The van der Waals surface area contributed by atoms with Crippen LogP contribution in [0.25, 0.3) is 22.4 Å². The molecule has 0 atom stereocenters. The van der Waals surface area contributed by atoms with Gasteiger partial charge >= 0.3 is 0 Å². The fraction of sp³-hybridized carbons (Fsp3) is 0.227. The molecule has 0 unspecified atom stereocenters. The minimum atomic E-state index is 0.505. The van der Waals surface area contributed by atoms with E-state index >= 15 is 0 Å². The molecule has 6 rings (SSSR count). The fourth-order valence-corrected chi connectivity index (χ4v) is 5.51. The molecule has 1 saturated heterocycles. The van der Waals surface area contributed by atoms with E-state index in [1.165, 1.54) is 0 Å². The summed E-state index contributed by atoms with van der Waals surface area (Å²) in [5.74, 6) is 2.32. The molecular formula is C22H20ClN6OS+. The van der Waals surface area contributed by atoms with Crippen molar-refractivity contribution in [2.24, 2.45) is 0 Å². The molecule has 9 heteroatoms. The summed E-state index contributed by atoms with van der Waals surface area (Å²) in [6.07, 6.45) is 2.02. The number of H-pyrrole nitrogens is 1. The van der Waals surface area contributed by atoms with Gasteiger partial charge in [-0.15, -0.1) is 11.8 Å². The third kappa shape index (κ3) is 2.94. The summed E-state index contributed by atoms with van der Waals surface area (Å²) in [5, 5.41) is 4.03. The molecule has 2 aliphatic heterocycles. The normalized spacial score (nSPS) is 16.5. The van der Waals surface area contributed by atoms with Crippen molar-refractivity contribution in [2.75, 3.05) is 37.9 Å². The molecule has 2 N–H and O–H groups in total. The molecule has 0 aliphatic carbocycles. The highest BCUT2D eigenvalue weighted by Gasteiger charge is 2.44. The molecule has 156 valence electrons. The summed E-state index contributed by atoms with van der Waals surface area (Å²) in [6.45, 7) is 2.86. The lowest BCUT2D eigenvalue weighted by molar-refractivity contribution is 0.0624. The Hall–Kier alpha value is -2.65. The van der Waals surface area contributed by atoms with Gasteiger partial charge in [0.25, 0.3) is 5.82 Å². The summed E-state index contributed by atoms with van der Waals surface area (Å²) in [6, 6.07) is 14.3. The zero-order valence-corrected chi connectivity index (χ0v) is 18.4. The number of hydrogen-bond donors (Lipinski definition) is 2. The average Bonchev–Trinajstić information content (AvgIpc) is 3.18. The Morgan fingerprint density at radius 3 is 2.74 bits per heavy atom. The average molecular weight is 452 g/mol. The van der Waals surface area contributed by atoms with Crippen LogP contribution in [-0.4, -0.2) is 52.5 Å². The van der Waals surface area contributed by atoms with E-state index in [0.717, 1.165) is 51.8 Å². The number of aromatic amines is 1. The molecule has 1 spiro atoms. The first-order chi connectivity index (χ1) is 15.2. The van der Waals surface area contributed by atoms with Crippen molar-refractivity contribution in [2.45, 2.75) is 4.90 Å². The van der Waals surface area contributed by atoms with E-state index in [1.807, 2.05) is 36.6 Å². The number of fused-ring (bicyclic) bond motifs is 8. The summed E-state index contributed by atoms with van der Waals surface area (Å²) in [5.41, 5.74) is 5.00. The van der Waals surface area contributed by atoms with Crippen LogP contribution >= 0.6 is 23.4 Å². The zero-order valence-electron chi connectivity index (χ0n) is 16.9. The van der Waals surface area contributed by atoms with Crippen LogP contribution in [0, 0.1) is 0 Å². The van der Waals surface area contributed by atoms with Crippen LogP contribution in [-0.2, 0) is 4.74 Å². The first-order valence-corrected chi connectivity index (χ1v) is 11.7. The number of thioether (sulfide) groups is 1. The number of anilines is 2. The highest BCUT2D eigenvalue weighted by Crippen LogP contribution is 2.49. The Morgan fingerprint density at radius 1 is 1.10 bits per heavy atom. The Kier molecular flexibility index (Phi) is 4.43. The number of nitrogens with zero attached hydrogens (tertiary/aromatic N) is 4. The van der Waals surface area contributed by atoms with E-state index in [9.17, 15) is 0 Å². The topological polar surface area (TPSA) is 75.7 Å². The molecule has 4 heterocycles. The van der Waals surface area contributed by atoms with E-state index in [-0.39, 0.29) is 0 Å². The SMILES string of the molecule is CSc1c(Cl)nc2nc1[N+]1(CCOCC1)c1cc-2ccc1Nc1nc2ccccc2[nH]1. The molecule has 2 aromatic heterocycles. The van der Waals surface area contributed by atoms with E-state index in [2.05, 4.69) is 27.4 Å². The number of quaternary nitrogens is 1. The van der Waals surface area contributed by atoms with Gasteiger partial charge in [-0.05, 0) is 30.5 Å². The van der Waals surface area contributed by atoms with Crippen molar-refractivity contribution in [1.29, 1.82) is 0 Å². The second kappa shape index (κ2) is 7.20. The van der Waals surface area contributed by atoms with Gasteiger partial charge in [-0.25, -0.2) is 14.5 Å². The number of aromatic nitrogens is 4. The monoisotopic (exact) mass is 451 g/mol. The predicted molar refractivity (Wildman–Crippen MR) is 126 cm³/mol. The van der Waals surface area contributed by atoms with Gasteiger partial charge in [-0.1, -0.05) is 23.7 Å². The summed E-state index contributed by atoms with van der Waals surface area (Å²) >= 11 is 8.20. The minimum absolute atomic E-state index is 0.505. The summed E-state index contributed by atoms with van der Waals surface area (Å²) < 4.78 is 6.32. The van der Waals surface area contributed by atoms with Gasteiger partial charge in [0.05, 0.1) is 24.2 Å². The molecule has 2 aliphatic rings. The summed E-state index contributed by atoms with van der Waals surface area (Å²) in [7, 11) is 0. The number of halogens is 1. The highest BCUT2D eigenvalue weighted by molar-refractivity contribution is 7.98. The maximum atomic E-state index is 6.61. The Bertz CT molecular complexity index is 1280. The van der Waals surface area contributed by atoms with Crippen LogP contribution < -0.4 is 9.80 Å². The molecule has 2 aromatic carbocycles. The Labute approximate surface area is 188 Å². The van der Waals surface area contributed by atoms with E-state index in [4.69, 9.17) is 26.3 Å². The molecular weight excluding hydrogens is 432 g/mol. The van der Waals surface area contributed by atoms with Crippen LogP contribution in [0.4, 0.5) is 23.1 Å². The molecule has 0 saturated carbocycles. The first kappa shape index (κ1) is 19.1. The Balaban J connectivity index is 1.55. The maximum absolute atomic E-state index is 6.61. The van der Waals surface area contributed by atoms with Gasteiger partial charge in [0, 0.05) is 11.6 Å². The van der Waals surface area contributed by atoms with Crippen LogP contribution in [0.15, 0.2) is 47.4 Å². The molecule has 1 fully saturated rings. The fourth-order valence-electron chi connectivity index (χ4n) is 4.50. The number of imidazole rings is 1. The van der Waals surface area contributed by atoms with Crippen molar-refractivity contribution in [3.8, 4) is 11.4 Å². The van der Waals surface area contributed by atoms with Crippen LogP contribution in [0.2, 0.25) is 5.15 Å². The number of hydrogen-bond acceptors (Lipinski definition) is 6. The quantitative estimate of drug-likeness (QED) is 0.256. The van der Waals surface area contributed by atoms with Crippen LogP contribution in [0.5, 0.6) is 0 Å². The van der Waals surface area contributed by atoms with E-state index in [0.29, 0.717) is 34.6 Å². The van der Waals surface area contributed by atoms with Gasteiger partial charge < -0.3 is 15.0 Å². The molecule has 31 heavy (non-hydrogen) atoms. The van der Waals surface area contributed by atoms with Crippen molar-refractivity contribution < 1.29 is 4.74 Å². The summed E-state index contributed by atoms with van der Waals surface area (Å²) in [4.78, 5) is 18.6. The third-order valence-corrected chi connectivity index (χ3v) is 7.18. The second-order valence-corrected chi connectivity index (χ2v) is 8.86. The van der Waals surface area contributed by atoms with Crippen LogP contribution in [0.3, 0.4) is 0 Å². The Morgan fingerprint density at radius 2 is 1.94 bits per heavy atom. The van der Waals surface area contributed by atoms with Crippen molar-refractivity contribution in [3.63, 3.8) is 0 Å². The molecule has 4 aromatic rings. The maximum Gasteiger partial charge on any atom is 0.252 e. The highest BCUT2D eigenvalue weighted by atomic mass is 35.5. The van der Waals surface area contributed by atoms with E-state index < -0.39 is 0 Å². The molecule has 4 bridgehead atoms. The van der Waals surface area contributed by atoms with Crippen molar-refractivity contribution in [1.82, 2.24) is 24.4 Å². The lowest BCUT2D eigenvalue weighted by Gasteiger charge is -2.40. The lowest BCUT2D eigenvalue weighted by Crippen LogP contribution is -2.53. The van der Waals surface area contributed by atoms with Gasteiger partial charge in [0.1, 0.15) is 23.7 Å². The number of ether oxygens (including phenoxy) is 1. The third-order valence-electron chi connectivity index (χ3n) is 6.01. The number of nitrogens with one attached hydrogen (secondary N) is 2. The van der Waals surface area contributed by atoms with E-state index in [1.54, 1.807) is 11.8 Å². The lowest BCUT2D eigenvalue weighted by atomic mass is 10.1. The van der Waals surface area contributed by atoms with Crippen LogP contribution in [0.1, 0.15) is 0 Å². The molecule has 0 radical (unpaired) electrons. The standard InChI is InChI=1S/C22H20ClN6OS/c1-31-18-19(23)27-20-13-6-7-16(26-22-24-14-4-2-3-5-15(14)25-22)17(12-13)29(21(18)28-20)8-10-30-11-9-29/h2-7,12H,8-11H2,1H3,(H2,24,25,26)/q+1. The predicted octanol–water partition coefficient (Wildman–Crippen LogP) is 5.12. The van der Waals surface area contributed by atoms with Gasteiger partial charge in [-0.3, -0.25) is 0 Å².